The summed E-state index contributed by atoms with van der Waals surface area (Å²) in [5.74, 6) is -1.46. The van der Waals surface area contributed by atoms with Crippen LogP contribution in [0, 0.1) is 17.0 Å². The summed E-state index contributed by atoms with van der Waals surface area (Å²) in [7, 11) is -4.18. The van der Waals surface area contributed by atoms with Crippen molar-refractivity contribution in [3.05, 3.63) is 124 Å². The number of anilines is 1. The number of aryl methyl sites for hydroxylation is 1. The topological polar surface area (TPSA) is 150 Å². The first kappa shape index (κ1) is 35.4. The SMILES string of the molecule is CSCC[C@H](NC(=O)c1ccc(CN(c2ccccc2)S(=O)(=O)c2ccc([N+](=O)[O-])cc2)cc1-c1ccccc1C)C(=O)[O-].[Li+]. The maximum absolute atomic E-state index is 13.9. The summed E-state index contributed by atoms with van der Waals surface area (Å²) in [6.07, 6.45) is 2.03. The number of aliphatic carboxylic acids is 1. The van der Waals surface area contributed by atoms with E-state index in [4.69, 9.17) is 0 Å². The van der Waals surface area contributed by atoms with Crippen LogP contribution in [0.15, 0.2) is 102 Å². The second-order valence-electron chi connectivity index (χ2n) is 9.92. The fourth-order valence-electron chi connectivity index (χ4n) is 4.65. The quantitative estimate of drug-likeness (QED) is 0.132. The third-order valence-corrected chi connectivity index (χ3v) is 9.40. The number of sulfonamides is 1. The van der Waals surface area contributed by atoms with E-state index in [1.807, 2.05) is 37.4 Å². The molecule has 4 rings (SSSR count). The van der Waals surface area contributed by atoms with Crippen LogP contribution < -0.4 is 33.6 Å². The molecule has 13 heteroatoms. The van der Waals surface area contributed by atoms with Crippen molar-refractivity contribution >= 4 is 45.0 Å². The van der Waals surface area contributed by atoms with Gasteiger partial charge in [-0.3, -0.25) is 19.2 Å². The first-order valence-corrected chi connectivity index (χ1v) is 16.4. The molecule has 0 aromatic heterocycles. The molecule has 1 N–H and O–H groups in total. The van der Waals surface area contributed by atoms with E-state index in [0.717, 1.165) is 23.3 Å². The van der Waals surface area contributed by atoms with Crippen molar-refractivity contribution in [2.45, 2.75) is 30.8 Å². The smallest absolute Gasteiger partial charge is 0.548 e. The van der Waals surface area contributed by atoms with Gasteiger partial charge in [-0.05, 0) is 84.0 Å². The average Bonchev–Trinajstić information content (AvgIpc) is 3.02. The van der Waals surface area contributed by atoms with Gasteiger partial charge in [0.15, 0.2) is 0 Å². The number of hydrogen-bond acceptors (Lipinski definition) is 8. The van der Waals surface area contributed by atoms with E-state index in [2.05, 4.69) is 5.32 Å². The van der Waals surface area contributed by atoms with Crippen LogP contribution in [0.5, 0.6) is 0 Å². The van der Waals surface area contributed by atoms with E-state index in [1.165, 1.54) is 28.2 Å². The number of carbonyl (C=O) groups excluding carboxylic acids is 2. The fourth-order valence-corrected chi connectivity index (χ4v) is 6.57. The van der Waals surface area contributed by atoms with E-state index in [9.17, 15) is 33.2 Å². The average molecular weight is 640 g/mol. The minimum atomic E-state index is -4.18. The van der Waals surface area contributed by atoms with Crippen LogP contribution in [0.25, 0.3) is 11.1 Å². The molecule has 0 unspecified atom stereocenters. The van der Waals surface area contributed by atoms with E-state index in [1.54, 1.807) is 48.5 Å². The number of nitro benzene ring substituents is 1. The Hall–Kier alpha value is -4.08. The van der Waals surface area contributed by atoms with Crippen LogP contribution >= 0.6 is 11.8 Å². The largest absolute Gasteiger partial charge is 1.00 e. The van der Waals surface area contributed by atoms with Gasteiger partial charge >= 0.3 is 18.9 Å². The molecule has 0 heterocycles. The van der Waals surface area contributed by atoms with Gasteiger partial charge in [-0.15, -0.1) is 0 Å². The van der Waals surface area contributed by atoms with Gasteiger partial charge in [0.25, 0.3) is 21.6 Å². The summed E-state index contributed by atoms with van der Waals surface area (Å²) in [5, 5.41) is 25.4. The molecular weight excluding hydrogens is 609 g/mol. The van der Waals surface area contributed by atoms with E-state index in [0.29, 0.717) is 22.6 Å². The number of nitrogens with zero attached hydrogens (tertiary/aromatic N) is 2. The van der Waals surface area contributed by atoms with E-state index in [-0.39, 0.29) is 48.0 Å². The summed E-state index contributed by atoms with van der Waals surface area (Å²) in [6, 6.07) is 24.2. The normalized spacial score (nSPS) is 11.6. The first-order chi connectivity index (χ1) is 21.0. The van der Waals surface area contributed by atoms with Crippen LogP contribution in [-0.2, 0) is 21.4 Å². The number of thioether (sulfide) groups is 1. The molecule has 1 atom stereocenters. The van der Waals surface area contributed by atoms with Crippen molar-refractivity contribution in [1.82, 2.24) is 5.32 Å². The molecule has 0 fully saturated rings. The number of benzene rings is 4. The Balaban J connectivity index is 0.00000552. The maximum Gasteiger partial charge on any atom is 1.00 e. The Morgan fingerprint density at radius 2 is 1.58 bits per heavy atom. The Morgan fingerprint density at radius 3 is 2.18 bits per heavy atom. The Bertz CT molecular complexity index is 1770. The third-order valence-electron chi connectivity index (χ3n) is 6.97. The van der Waals surface area contributed by atoms with Gasteiger partial charge in [-0.2, -0.15) is 11.8 Å². The zero-order chi connectivity index (χ0) is 31.9. The number of para-hydroxylation sites is 1. The van der Waals surface area contributed by atoms with Crippen LogP contribution in [0.2, 0.25) is 0 Å². The molecule has 228 valence electrons. The molecule has 0 aliphatic heterocycles. The Kier molecular flexibility index (Phi) is 12.4. The number of carboxylic acid groups (broad SMARTS) is 1. The molecule has 4 aromatic carbocycles. The number of non-ortho nitro benzene ring substituents is 1. The number of nitrogens with one attached hydrogen (secondary N) is 1. The van der Waals surface area contributed by atoms with Crippen molar-refractivity contribution in [2.75, 3.05) is 16.3 Å². The van der Waals surface area contributed by atoms with Crippen molar-refractivity contribution < 1.29 is 46.9 Å². The number of carboxylic acids is 1. The van der Waals surface area contributed by atoms with Crippen molar-refractivity contribution in [1.29, 1.82) is 0 Å². The minimum Gasteiger partial charge on any atom is -0.548 e. The van der Waals surface area contributed by atoms with Crippen molar-refractivity contribution in [2.24, 2.45) is 0 Å². The summed E-state index contributed by atoms with van der Waals surface area (Å²) >= 11 is 1.45. The number of amides is 1. The van der Waals surface area contributed by atoms with E-state index < -0.39 is 32.9 Å². The van der Waals surface area contributed by atoms with Gasteiger partial charge in [0.1, 0.15) is 0 Å². The molecule has 0 saturated carbocycles. The predicted molar refractivity (Wildman–Crippen MR) is 169 cm³/mol. The number of carbonyl (C=O) groups is 2. The van der Waals surface area contributed by atoms with Gasteiger partial charge in [0.05, 0.1) is 34.1 Å². The molecule has 0 saturated heterocycles. The zero-order valence-electron chi connectivity index (χ0n) is 25.0. The molecule has 0 aliphatic rings. The summed E-state index contributed by atoms with van der Waals surface area (Å²) in [4.78, 5) is 35.6. The van der Waals surface area contributed by atoms with Crippen molar-refractivity contribution in [3.8, 4) is 11.1 Å². The molecule has 4 aromatic rings. The van der Waals surface area contributed by atoms with Crippen molar-refractivity contribution in [3.63, 3.8) is 0 Å². The molecule has 0 aliphatic carbocycles. The molecule has 45 heavy (non-hydrogen) atoms. The van der Waals surface area contributed by atoms with E-state index >= 15 is 0 Å². The van der Waals surface area contributed by atoms with Gasteiger partial charge in [0.2, 0.25) is 0 Å². The molecule has 0 bridgehead atoms. The molecule has 0 spiro atoms. The number of nitro groups is 1. The molecule has 10 nitrogen and oxygen atoms in total. The predicted octanol–water partition coefficient (Wildman–Crippen LogP) is 1.57. The maximum atomic E-state index is 13.9. The molecular formula is C32H30LiN3O7S2. The van der Waals surface area contributed by atoms with Crippen LogP contribution in [0.3, 0.4) is 0 Å². The van der Waals surface area contributed by atoms with Crippen LogP contribution in [-0.4, -0.2) is 43.3 Å². The second-order valence-corrected chi connectivity index (χ2v) is 12.8. The standard InChI is InChI=1S/C32H31N3O7S2.Li/c1-22-8-6-7-11-27(22)29-20-23(12-17-28(29)31(36)33-30(32(37)38)18-19-43-2)21-34(24-9-4-3-5-10-24)44(41,42)26-15-13-25(14-16-26)35(39)40;/h3-17,20,30H,18-19,21H2,1-2H3,(H,33,36)(H,37,38);/q;+1/p-1/t30-;/m0./s1. The monoisotopic (exact) mass is 639 g/mol. The number of rotatable bonds is 13. The summed E-state index contributed by atoms with van der Waals surface area (Å²) < 4.78 is 29.0. The first-order valence-electron chi connectivity index (χ1n) is 13.5. The van der Waals surface area contributed by atoms with Crippen LogP contribution in [0.4, 0.5) is 11.4 Å². The van der Waals surface area contributed by atoms with Gasteiger partial charge in [0, 0.05) is 17.7 Å². The Morgan fingerprint density at radius 1 is 0.933 bits per heavy atom. The summed E-state index contributed by atoms with van der Waals surface area (Å²) in [6.45, 7) is 1.75. The molecule has 0 radical (unpaired) electrons. The molecule has 1 amide bonds. The summed E-state index contributed by atoms with van der Waals surface area (Å²) in [5.41, 5.74) is 2.99. The Labute approximate surface area is 278 Å². The van der Waals surface area contributed by atoms with Gasteiger partial charge < -0.3 is 15.2 Å². The van der Waals surface area contributed by atoms with Gasteiger partial charge in [-0.1, -0.05) is 48.5 Å². The second kappa shape index (κ2) is 15.8. The van der Waals surface area contributed by atoms with Crippen LogP contribution in [0.1, 0.15) is 27.9 Å². The minimum absolute atomic E-state index is 0. The third kappa shape index (κ3) is 8.55. The zero-order valence-corrected chi connectivity index (χ0v) is 26.6. The fraction of sp³-hybridized carbons (Fsp3) is 0.188. The van der Waals surface area contributed by atoms with Gasteiger partial charge in [-0.25, -0.2) is 8.42 Å². The number of hydrogen-bond donors (Lipinski definition) is 1.